The van der Waals surface area contributed by atoms with Crippen LogP contribution in [0.25, 0.3) is 0 Å². The third-order valence-corrected chi connectivity index (χ3v) is 3.22. The Morgan fingerprint density at radius 1 is 1.12 bits per heavy atom. The predicted octanol–water partition coefficient (Wildman–Crippen LogP) is 2.56. The molecule has 0 radical (unpaired) electrons. The summed E-state index contributed by atoms with van der Waals surface area (Å²) < 4.78 is 11.0. The first-order chi connectivity index (χ1) is 7.86. The molecule has 0 amide bonds. The van der Waals surface area contributed by atoms with Gasteiger partial charge in [-0.05, 0) is 39.3 Å². The van der Waals surface area contributed by atoms with Crippen molar-refractivity contribution in [3.8, 4) is 0 Å². The smallest absolute Gasteiger partial charge is 0.158 e. The number of hydrogen-bond donors (Lipinski definition) is 1. The molecule has 3 nitrogen and oxygen atoms in total. The summed E-state index contributed by atoms with van der Waals surface area (Å²) in [5.74, 6) is 1.00. The van der Waals surface area contributed by atoms with Crippen molar-refractivity contribution < 1.29 is 9.47 Å². The van der Waals surface area contributed by atoms with Crippen LogP contribution in [0.15, 0.2) is 0 Å². The first-order valence-corrected chi connectivity index (χ1v) is 6.80. The van der Waals surface area contributed by atoms with Gasteiger partial charge in [-0.15, -0.1) is 0 Å². The Labute approximate surface area is 99.9 Å². The summed E-state index contributed by atoms with van der Waals surface area (Å²) in [6.45, 7) is 7.62. The van der Waals surface area contributed by atoms with Crippen LogP contribution in [0.1, 0.15) is 46.0 Å². The normalized spacial score (nSPS) is 16.7. The molecule has 0 atom stereocenters. The van der Waals surface area contributed by atoms with Crippen LogP contribution < -0.4 is 5.32 Å². The van der Waals surface area contributed by atoms with Crippen molar-refractivity contribution in [1.29, 1.82) is 0 Å². The number of hydrogen-bond acceptors (Lipinski definition) is 3. The Morgan fingerprint density at radius 2 is 1.81 bits per heavy atom. The summed E-state index contributed by atoms with van der Waals surface area (Å²) in [7, 11) is 0. The van der Waals surface area contributed by atoms with Crippen molar-refractivity contribution in [2.45, 2.75) is 52.2 Å². The minimum atomic E-state index is -0.0220. The molecule has 1 rings (SSSR count). The molecule has 16 heavy (non-hydrogen) atoms. The van der Waals surface area contributed by atoms with Gasteiger partial charge in [0, 0.05) is 19.6 Å². The highest BCUT2D eigenvalue weighted by Gasteiger charge is 2.16. The van der Waals surface area contributed by atoms with Crippen LogP contribution in [0.5, 0.6) is 0 Å². The first-order valence-electron chi connectivity index (χ1n) is 6.80. The molecule has 1 aliphatic rings. The van der Waals surface area contributed by atoms with Crippen molar-refractivity contribution >= 4 is 0 Å². The molecule has 96 valence electrons. The summed E-state index contributed by atoms with van der Waals surface area (Å²) in [5.41, 5.74) is 0. The maximum Gasteiger partial charge on any atom is 0.158 e. The Hall–Kier alpha value is -0.120. The molecule has 0 unspecified atom stereocenters. The van der Waals surface area contributed by atoms with Gasteiger partial charge in [0.2, 0.25) is 0 Å². The lowest BCUT2D eigenvalue weighted by molar-refractivity contribution is -0.138. The molecule has 0 saturated heterocycles. The molecule has 3 heteroatoms. The van der Waals surface area contributed by atoms with E-state index in [1.54, 1.807) is 0 Å². The van der Waals surface area contributed by atoms with E-state index in [0.29, 0.717) is 0 Å². The molecule has 0 aromatic carbocycles. The van der Waals surface area contributed by atoms with Gasteiger partial charge in [-0.2, -0.15) is 0 Å². The van der Waals surface area contributed by atoms with E-state index >= 15 is 0 Å². The summed E-state index contributed by atoms with van der Waals surface area (Å²) in [6, 6.07) is 0. The van der Waals surface area contributed by atoms with Gasteiger partial charge in [0.05, 0.1) is 0 Å². The van der Waals surface area contributed by atoms with Gasteiger partial charge in [0.1, 0.15) is 0 Å². The van der Waals surface area contributed by atoms with Crippen LogP contribution >= 0.6 is 0 Å². The third-order valence-electron chi connectivity index (χ3n) is 3.22. The molecular weight excluding hydrogens is 202 g/mol. The van der Waals surface area contributed by atoms with Crippen molar-refractivity contribution in [3.63, 3.8) is 0 Å². The van der Waals surface area contributed by atoms with Gasteiger partial charge < -0.3 is 14.8 Å². The van der Waals surface area contributed by atoms with Gasteiger partial charge in [-0.25, -0.2) is 0 Å². The van der Waals surface area contributed by atoms with Gasteiger partial charge >= 0.3 is 0 Å². The first kappa shape index (κ1) is 13.9. The Bertz CT molecular complexity index is 154. The van der Waals surface area contributed by atoms with Crippen LogP contribution in [-0.4, -0.2) is 32.6 Å². The molecule has 0 spiro atoms. The molecule has 1 aliphatic carbocycles. The molecule has 0 aromatic heterocycles. The highest BCUT2D eigenvalue weighted by Crippen LogP contribution is 2.28. The van der Waals surface area contributed by atoms with Crippen molar-refractivity contribution in [3.05, 3.63) is 0 Å². The molecule has 0 aliphatic heterocycles. The standard InChI is InChI=1S/C13H27NO2/c1-3-15-13(16-4-2)9-11-14-10-8-12-6-5-7-12/h12-14H,3-11H2,1-2H3. The van der Waals surface area contributed by atoms with E-state index in [-0.39, 0.29) is 6.29 Å². The van der Waals surface area contributed by atoms with Crippen LogP contribution in [-0.2, 0) is 9.47 Å². The zero-order valence-electron chi connectivity index (χ0n) is 10.8. The SMILES string of the molecule is CCOC(CCNCCC1CCC1)OCC. The second-order valence-corrected chi connectivity index (χ2v) is 4.46. The van der Waals surface area contributed by atoms with E-state index in [4.69, 9.17) is 9.47 Å². The van der Waals surface area contributed by atoms with E-state index in [0.717, 1.165) is 38.6 Å². The second kappa shape index (κ2) is 8.97. The fraction of sp³-hybridized carbons (Fsp3) is 1.00. The van der Waals surface area contributed by atoms with Crippen LogP contribution in [0.3, 0.4) is 0 Å². The number of ether oxygens (including phenoxy) is 2. The average molecular weight is 229 g/mol. The van der Waals surface area contributed by atoms with Crippen LogP contribution in [0.4, 0.5) is 0 Å². The zero-order chi connectivity index (χ0) is 11.6. The monoisotopic (exact) mass is 229 g/mol. The second-order valence-electron chi connectivity index (χ2n) is 4.46. The topological polar surface area (TPSA) is 30.5 Å². The van der Waals surface area contributed by atoms with Crippen molar-refractivity contribution in [2.75, 3.05) is 26.3 Å². The van der Waals surface area contributed by atoms with E-state index in [1.165, 1.54) is 25.7 Å². The minimum absolute atomic E-state index is 0.0220. The summed E-state index contributed by atoms with van der Waals surface area (Å²) in [4.78, 5) is 0. The minimum Gasteiger partial charge on any atom is -0.353 e. The zero-order valence-corrected chi connectivity index (χ0v) is 10.8. The maximum absolute atomic E-state index is 5.48. The van der Waals surface area contributed by atoms with Gasteiger partial charge in [0.25, 0.3) is 0 Å². The molecule has 1 saturated carbocycles. The number of nitrogens with one attached hydrogen (secondary N) is 1. The Morgan fingerprint density at radius 3 is 2.31 bits per heavy atom. The fourth-order valence-electron chi connectivity index (χ4n) is 2.02. The third kappa shape index (κ3) is 5.83. The molecular formula is C13H27NO2. The summed E-state index contributed by atoms with van der Waals surface area (Å²) >= 11 is 0. The highest BCUT2D eigenvalue weighted by atomic mass is 16.7. The lowest BCUT2D eigenvalue weighted by Crippen LogP contribution is -2.27. The van der Waals surface area contributed by atoms with E-state index < -0.39 is 0 Å². The van der Waals surface area contributed by atoms with Crippen LogP contribution in [0, 0.1) is 5.92 Å². The van der Waals surface area contributed by atoms with Crippen molar-refractivity contribution in [1.82, 2.24) is 5.32 Å². The van der Waals surface area contributed by atoms with Gasteiger partial charge in [0.15, 0.2) is 6.29 Å². The van der Waals surface area contributed by atoms with Gasteiger partial charge in [-0.3, -0.25) is 0 Å². The lowest BCUT2D eigenvalue weighted by Gasteiger charge is -2.25. The van der Waals surface area contributed by atoms with Crippen LogP contribution in [0.2, 0.25) is 0 Å². The molecule has 1 N–H and O–H groups in total. The maximum atomic E-state index is 5.48. The molecule has 0 heterocycles. The van der Waals surface area contributed by atoms with Gasteiger partial charge in [-0.1, -0.05) is 19.3 Å². The number of rotatable bonds is 10. The van der Waals surface area contributed by atoms with E-state index in [1.807, 2.05) is 13.8 Å². The largest absolute Gasteiger partial charge is 0.353 e. The Balaban J connectivity index is 1.90. The quantitative estimate of drug-likeness (QED) is 0.461. The Kier molecular flexibility index (Phi) is 7.81. The molecule has 1 fully saturated rings. The summed E-state index contributed by atoms with van der Waals surface area (Å²) in [5, 5.41) is 3.47. The molecule has 0 aromatic rings. The van der Waals surface area contributed by atoms with E-state index in [2.05, 4.69) is 5.32 Å². The summed E-state index contributed by atoms with van der Waals surface area (Å²) in [6.07, 6.45) is 6.61. The lowest BCUT2D eigenvalue weighted by atomic mass is 9.83. The average Bonchev–Trinajstić information content (AvgIpc) is 2.21. The highest BCUT2D eigenvalue weighted by molar-refractivity contribution is 4.70. The van der Waals surface area contributed by atoms with Crippen molar-refractivity contribution in [2.24, 2.45) is 5.92 Å². The fourth-order valence-corrected chi connectivity index (χ4v) is 2.02. The predicted molar refractivity (Wildman–Crippen MR) is 66.5 cm³/mol. The molecule has 0 bridgehead atoms. The van der Waals surface area contributed by atoms with E-state index in [9.17, 15) is 0 Å².